The van der Waals surface area contributed by atoms with Crippen LogP contribution in [-0.2, 0) is 6.54 Å². The maximum atomic E-state index is 13.6. The topological polar surface area (TPSA) is 60.2 Å². The first-order valence-electron chi connectivity index (χ1n) is 10.2. The van der Waals surface area contributed by atoms with Crippen LogP contribution >= 0.6 is 34.7 Å². The number of carbonyl (C=O) groups is 1. The molecule has 0 atom stereocenters. The number of thioether (sulfide) groups is 1. The highest BCUT2D eigenvalue weighted by Crippen LogP contribution is 2.39. The zero-order chi connectivity index (χ0) is 22.5. The van der Waals surface area contributed by atoms with Crippen LogP contribution in [0.2, 0.25) is 5.02 Å². The molecule has 6 nitrogen and oxygen atoms in total. The Morgan fingerprint density at radius 1 is 1.31 bits per heavy atom. The van der Waals surface area contributed by atoms with Crippen molar-refractivity contribution in [2.24, 2.45) is 0 Å². The van der Waals surface area contributed by atoms with Crippen molar-refractivity contribution in [3.8, 4) is 5.75 Å². The summed E-state index contributed by atoms with van der Waals surface area (Å²) >= 11 is 9.54. The predicted octanol–water partition coefficient (Wildman–Crippen LogP) is 6.00. The molecule has 0 aliphatic heterocycles. The van der Waals surface area contributed by atoms with Crippen LogP contribution in [0.5, 0.6) is 5.75 Å². The summed E-state index contributed by atoms with van der Waals surface area (Å²) in [5.41, 5.74) is 1.31. The Labute approximate surface area is 200 Å². The van der Waals surface area contributed by atoms with Gasteiger partial charge in [-0.3, -0.25) is 9.69 Å². The van der Waals surface area contributed by atoms with Crippen LogP contribution in [0.3, 0.4) is 0 Å². The Kier molecular flexibility index (Phi) is 7.34. The van der Waals surface area contributed by atoms with Gasteiger partial charge in [0.2, 0.25) is 0 Å². The minimum Gasteiger partial charge on any atom is -0.494 e. The summed E-state index contributed by atoms with van der Waals surface area (Å²) in [7, 11) is 1.60. The lowest BCUT2D eigenvalue weighted by atomic mass is 10.2. The molecule has 2 aromatic carbocycles. The molecule has 4 aromatic rings. The third-order valence-electron chi connectivity index (χ3n) is 4.89. The first kappa shape index (κ1) is 22.6. The van der Waals surface area contributed by atoms with Crippen molar-refractivity contribution in [1.82, 2.24) is 14.5 Å². The Morgan fingerprint density at radius 2 is 2.19 bits per heavy atom. The van der Waals surface area contributed by atoms with Gasteiger partial charge in [0, 0.05) is 35.9 Å². The van der Waals surface area contributed by atoms with Crippen molar-refractivity contribution < 1.29 is 9.53 Å². The van der Waals surface area contributed by atoms with Gasteiger partial charge in [0.05, 0.1) is 23.2 Å². The van der Waals surface area contributed by atoms with Crippen molar-refractivity contribution in [1.29, 1.82) is 0 Å². The molecule has 0 unspecified atom stereocenters. The Morgan fingerprint density at radius 3 is 2.94 bits per heavy atom. The molecule has 4 rings (SSSR count). The number of ether oxygens (including phenoxy) is 1. The number of hydrogen-bond donors (Lipinski definition) is 0. The van der Waals surface area contributed by atoms with E-state index >= 15 is 0 Å². The van der Waals surface area contributed by atoms with Crippen LogP contribution in [0.15, 0.2) is 60.0 Å². The third kappa shape index (κ3) is 4.92. The molecule has 0 spiro atoms. The van der Waals surface area contributed by atoms with Gasteiger partial charge in [-0.1, -0.05) is 35.9 Å². The number of halogens is 1. The molecule has 0 bridgehead atoms. The zero-order valence-corrected chi connectivity index (χ0v) is 20.2. The van der Waals surface area contributed by atoms with Gasteiger partial charge in [-0.15, -0.1) is 11.8 Å². The number of methoxy groups -OCH3 is 1. The molecule has 2 aromatic heterocycles. The van der Waals surface area contributed by atoms with Crippen molar-refractivity contribution in [2.45, 2.75) is 24.8 Å². The summed E-state index contributed by atoms with van der Waals surface area (Å²) in [5.74, 6) is 1.50. The molecule has 9 heteroatoms. The number of nitrogens with zero attached hydrogens (tertiary/aromatic N) is 4. The molecule has 1 amide bonds. The first-order valence-corrected chi connectivity index (χ1v) is 12.4. The monoisotopic (exact) mass is 486 g/mol. The number of hydrogen-bond acceptors (Lipinski definition) is 6. The lowest BCUT2D eigenvalue weighted by Crippen LogP contribution is -2.32. The summed E-state index contributed by atoms with van der Waals surface area (Å²) in [5, 5.41) is 1.20. The maximum absolute atomic E-state index is 13.6. The fraction of sp³-hybridized carbons (Fsp3) is 0.261. The predicted molar refractivity (Wildman–Crippen MR) is 133 cm³/mol. The van der Waals surface area contributed by atoms with Crippen molar-refractivity contribution in [2.75, 3.05) is 24.3 Å². The molecule has 0 aliphatic rings. The van der Waals surface area contributed by atoms with Crippen LogP contribution in [-0.4, -0.2) is 39.8 Å². The number of fused-ring (bicyclic) bond motifs is 1. The van der Waals surface area contributed by atoms with Crippen LogP contribution < -0.4 is 9.64 Å². The molecule has 0 fully saturated rings. The minimum absolute atomic E-state index is 0.0803. The maximum Gasteiger partial charge on any atom is 0.260 e. The fourth-order valence-electron chi connectivity index (χ4n) is 3.38. The average Bonchev–Trinajstić information content (AvgIpc) is 3.48. The molecule has 0 saturated heterocycles. The van der Waals surface area contributed by atoms with Crippen LogP contribution in [0, 0.1) is 0 Å². The van der Waals surface area contributed by atoms with E-state index in [2.05, 4.69) is 11.9 Å². The van der Waals surface area contributed by atoms with Gasteiger partial charge in [-0.2, -0.15) is 0 Å². The molecule has 32 heavy (non-hydrogen) atoms. The summed E-state index contributed by atoms with van der Waals surface area (Å²) in [6.07, 6.45) is 6.20. The van der Waals surface area contributed by atoms with E-state index in [1.807, 2.05) is 35.0 Å². The second kappa shape index (κ2) is 10.4. The molecular formula is C23H23ClN4O2S2. The molecule has 166 valence electrons. The SMILES string of the molecule is CCSc1cccc(C(=O)N(CCCn2ccnc2)c2nc3c(OC)ccc(Cl)c3s2)c1. The molecule has 0 saturated carbocycles. The van der Waals surface area contributed by atoms with E-state index < -0.39 is 0 Å². The molecule has 2 heterocycles. The summed E-state index contributed by atoms with van der Waals surface area (Å²) in [6, 6.07) is 11.3. The fourth-order valence-corrected chi connectivity index (χ4v) is 5.38. The number of amides is 1. The third-order valence-corrected chi connectivity index (χ3v) is 7.31. The molecular weight excluding hydrogens is 464 g/mol. The van der Waals surface area contributed by atoms with E-state index in [0.29, 0.717) is 33.5 Å². The summed E-state index contributed by atoms with van der Waals surface area (Å²) in [6.45, 7) is 3.37. The summed E-state index contributed by atoms with van der Waals surface area (Å²) < 4.78 is 8.27. The number of benzene rings is 2. The largest absolute Gasteiger partial charge is 0.494 e. The lowest BCUT2D eigenvalue weighted by molar-refractivity contribution is 0.0986. The molecule has 0 N–H and O–H groups in total. The average molecular weight is 487 g/mol. The Balaban J connectivity index is 1.68. The van der Waals surface area contributed by atoms with Crippen molar-refractivity contribution in [3.05, 3.63) is 65.7 Å². The quantitative estimate of drug-likeness (QED) is 0.271. The van der Waals surface area contributed by atoms with Crippen LogP contribution in [0.1, 0.15) is 23.7 Å². The summed E-state index contributed by atoms with van der Waals surface area (Å²) in [4.78, 5) is 25.3. The number of anilines is 1. The first-order chi connectivity index (χ1) is 15.6. The standard InChI is InChI=1S/C23H23ClN4O2S2/c1-3-31-17-7-4-6-16(14-17)22(29)28(12-5-11-27-13-10-25-15-27)23-26-20-19(30-2)9-8-18(24)21(20)32-23/h4,6-10,13-15H,3,5,11-12H2,1-2H3. The van der Waals surface area contributed by atoms with E-state index in [0.717, 1.165) is 28.3 Å². The van der Waals surface area contributed by atoms with Gasteiger partial charge < -0.3 is 9.30 Å². The highest BCUT2D eigenvalue weighted by Gasteiger charge is 2.23. The van der Waals surface area contributed by atoms with Gasteiger partial charge in [0.15, 0.2) is 5.13 Å². The number of rotatable bonds is 9. The van der Waals surface area contributed by atoms with Crippen molar-refractivity contribution >= 4 is 56.0 Å². The second-order valence-corrected chi connectivity index (χ2v) is 9.72. The Hall–Kier alpha value is -2.55. The second-order valence-electron chi connectivity index (χ2n) is 7.00. The Bertz CT molecular complexity index is 1210. The van der Waals surface area contributed by atoms with Crippen molar-refractivity contribution in [3.63, 3.8) is 0 Å². The highest BCUT2D eigenvalue weighted by atomic mass is 35.5. The molecule has 0 radical (unpaired) electrons. The normalized spacial score (nSPS) is 11.1. The number of aryl methyl sites for hydroxylation is 1. The highest BCUT2D eigenvalue weighted by molar-refractivity contribution is 7.99. The van der Waals surface area contributed by atoms with Crippen LogP contribution in [0.25, 0.3) is 10.2 Å². The number of thiazole rings is 1. The van der Waals surface area contributed by atoms with E-state index in [1.54, 1.807) is 48.4 Å². The number of carbonyl (C=O) groups excluding carboxylic acids is 1. The van der Waals surface area contributed by atoms with Crippen LogP contribution in [0.4, 0.5) is 5.13 Å². The van der Waals surface area contributed by atoms with Gasteiger partial charge in [-0.05, 0) is 42.5 Å². The van der Waals surface area contributed by atoms with Gasteiger partial charge in [0.25, 0.3) is 5.91 Å². The van der Waals surface area contributed by atoms with Gasteiger partial charge in [0.1, 0.15) is 11.3 Å². The number of imidazole rings is 1. The van der Waals surface area contributed by atoms with E-state index in [1.165, 1.54) is 11.3 Å². The molecule has 0 aliphatic carbocycles. The zero-order valence-electron chi connectivity index (χ0n) is 17.8. The smallest absolute Gasteiger partial charge is 0.260 e. The van der Waals surface area contributed by atoms with E-state index in [-0.39, 0.29) is 5.91 Å². The van der Waals surface area contributed by atoms with Gasteiger partial charge >= 0.3 is 0 Å². The van der Waals surface area contributed by atoms with E-state index in [9.17, 15) is 4.79 Å². The van der Waals surface area contributed by atoms with Gasteiger partial charge in [-0.25, -0.2) is 9.97 Å². The number of aromatic nitrogens is 3. The lowest BCUT2D eigenvalue weighted by Gasteiger charge is -2.20. The minimum atomic E-state index is -0.0803. The van der Waals surface area contributed by atoms with E-state index in [4.69, 9.17) is 21.3 Å².